The predicted molar refractivity (Wildman–Crippen MR) is 88.3 cm³/mol. The van der Waals surface area contributed by atoms with Gasteiger partial charge in [-0.3, -0.25) is 4.98 Å². The molecule has 4 N–H and O–H groups in total. The fourth-order valence-corrected chi connectivity index (χ4v) is 2.26. The summed E-state index contributed by atoms with van der Waals surface area (Å²) in [5.74, 6) is 1.26. The van der Waals surface area contributed by atoms with Gasteiger partial charge in [-0.15, -0.1) is 0 Å². The molecule has 22 heavy (non-hydrogen) atoms. The largest absolute Gasteiger partial charge is 0.383 e. The third-order valence-electron chi connectivity index (χ3n) is 3.30. The van der Waals surface area contributed by atoms with Gasteiger partial charge in [0.15, 0.2) is 5.82 Å². The van der Waals surface area contributed by atoms with Gasteiger partial charge in [0.05, 0.1) is 0 Å². The van der Waals surface area contributed by atoms with Crippen LogP contribution in [0, 0.1) is 0 Å². The zero-order valence-electron chi connectivity index (χ0n) is 11.7. The summed E-state index contributed by atoms with van der Waals surface area (Å²) in [5.41, 5.74) is 14.7. The van der Waals surface area contributed by atoms with Gasteiger partial charge < -0.3 is 11.5 Å². The quantitative estimate of drug-likeness (QED) is 0.776. The molecule has 2 aromatic heterocycles. The van der Waals surface area contributed by atoms with Gasteiger partial charge in [-0.1, -0.05) is 23.7 Å². The van der Waals surface area contributed by atoms with Crippen molar-refractivity contribution in [1.82, 2.24) is 15.0 Å². The summed E-state index contributed by atoms with van der Waals surface area (Å²) < 4.78 is 0. The third kappa shape index (κ3) is 2.99. The third-order valence-corrected chi connectivity index (χ3v) is 3.56. The lowest BCUT2D eigenvalue weighted by atomic mass is 10.1. The van der Waals surface area contributed by atoms with Crippen molar-refractivity contribution < 1.29 is 0 Å². The van der Waals surface area contributed by atoms with Crippen molar-refractivity contribution in [2.75, 3.05) is 11.5 Å². The van der Waals surface area contributed by atoms with E-state index in [-0.39, 0.29) is 0 Å². The van der Waals surface area contributed by atoms with Gasteiger partial charge in [-0.2, -0.15) is 0 Å². The second-order valence-corrected chi connectivity index (χ2v) is 5.27. The standard InChI is InChI=1S/C16H14ClN5/c17-12-3-1-10(2-4-12)9-13-14(18)21-16(22-15(13)19)11-5-7-20-8-6-11/h1-8H,9H2,(H4,18,19,21,22). The second-order valence-electron chi connectivity index (χ2n) is 4.84. The molecule has 110 valence electrons. The molecule has 0 saturated heterocycles. The zero-order valence-corrected chi connectivity index (χ0v) is 12.5. The topological polar surface area (TPSA) is 90.7 Å². The maximum Gasteiger partial charge on any atom is 0.163 e. The Hall–Kier alpha value is -2.66. The highest BCUT2D eigenvalue weighted by molar-refractivity contribution is 6.30. The number of benzene rings is 1. The Balaban J connectivity index is 1.95. The van der Waals surface area contributed by atoms with Crippen molar-refractivity contribution >= 4 is 23.2 Å². The normalized spacial score (nSPS) is 10.6. The maximum atomic E-state index is 6.06. The number of nitrogen functional groups attached to an aromatic ring is 2. The number of hydrogen-bond acceptors (Lipinski definition) is 5. The molecule has 0 atom stereocenters. The number of halogens is 1. The summed E-state index contributed by atoms with van der Waals surface area (Å²) in [4.78, 5) is 12.7. The molecule has 6 heteroatoms. The molecule has 0 aliphatic rings. The Morgan fingerprint density at radius 1 is 0.864 bits per heavy atom. The van der Waals surface area contributed by atoms with Gasteiger partial charge in [0.25, 0.3) is 0 Å². The van der Waals surface area contributed by atoms with E-state index in [1.807, 2.05) is 36.4 Å². The molecule has 0 bridgehead atoms. The fourth-order valence-electron chi connectivity index (χ4n) is 2.14. The molecule has 0 aliphatic heterocycles. The average molecular weight is 312 g/mol. The molecule has 3 aromatic rings. The highest BCUT2D eigenvalue weighted by atomic mass is 35.5. The zero-order chi connectivity index (χ0) is 15.5. The highest BCUT2D eigenvalue weighted by Crippen LogP contribution is 2.24. The summed E-state index contributed by atoms with van der Waals surface area (Å²) in [6.07, 6.45) is 3.91. The lowest BCUT2D eigenvalue weighted by molar-refractivity contribution is 1.10. The molecule has 0 aliphatic carbocycles. The summed E-state index contributed by atoms with van der Waals surface area (Å²) in [6.45, 7) is 0. The first-order valence-corrected chi connectivity index (χ1v) is 7.08. The van der Waals surface area contributed by atoms with Crippen LogP contribution in [-0.2, 0) is 6.42 Å². The molecular formula is C16H14ClN5. The van der Waals surface area contributed by atoms with Crippen molar-refractivity contribution in [3.8, 4) is 11.4 Å². The average Bonchev–Trinajstić information content (AvgIpc) is 2.53. The molecule has 3 rings (SSSR count). The van der Waals surface area contributed by atoms with Crippen LogP contribution in [0.5, 0.6) is 0 Å². The number of pyridine rings is 1. The Kier molecular flexibility index (Phi) is 3.89. The highest BCUT2D eigenvalue weighted by Gasteiger charge is 2.12. The molecule has 0 saturated carbocycles. The van der Waals surface area contributed by atoms with Gasteiger partial charge in [0.2, 0.25) is 0 Å². The van der Waals surface area contributed by atoms with Crippen molar-refractivity contribution in [2.24, 2.45) is 0 Å². The Morgan fingerprint density at radius 2 is 1.45 bits per heavy atom. The number of rotatable bonds is 3. The first kappa shape index (κ1) is 14.3. The van der Waals surface area contributed by atoms with Crippen LogP contribution in [0.15, 0.2) is 48.8 Å². The van der Waals surface area contributed by atoms with Gasteiger partial charge in [-0.05, 0) is 29.8 Å². The van der Waals surface area contributed by atoms with E-state index < -0.39 is 0 Å². The minimum atomic E-state index is 0.384. The van der Waals surface area contributed by atoms with Crippen LogP contribution in [-0.4, -0.2) is 15.0 Å². The van der Waals surface area contributed by atoms with Crippen LogP contribution >= 0.6 is 11.6 Å². The van der Waals surface area contributed by atoms with Crippen LogP contribution in [0.2, 0.25) is 5.02 Å². The van der Waals surface area contributed by atoms with E-state index in [2.05, 4.69) is 15.0 Å². The van der Waals surface area contributed by atoms with Gasteiger partial charge in [0, 0.05) is 35.0 Å². The van der Waals surface area contributed by atoms with E-state index in [1.165, 1.54) is 0 Å². The lowest BCUT2D eigenvalue weighted by Crippen LogP contribution is -2.08. The lowest BCUT2D eigenvalue weighted by Gasteiger charge is -2.10. The van der Waals surface area contributed by atoms with Gasteiger partial charge >= 0.3 is 0 Å². The minimum absolute atomic E-state index is 0.384. The van der Waals surface area contributed by atoms with E-state index in [4.69, 9.17) is 23.1 Å². The van der Waals surface area contributed by atoms with Crippen LogP contribution in [0.25, 0.3) is 11.4 Å². The molecule has 2 heterocycles. The number of nitrogens with zero attached hydrogens (tertiary/aromatic N) is 3. The summed E-state index contributed by atoms with van der Waals surface area (Å²) >= 11 is 5.89. The number of nitrogens with two attached hydrogens (primary N) is 2. The minimum Gasteiger partial charge on any atom is -0.383 e. The Bertz CT molecular complexity index is 764. The van der Waals surface area contributed by atoms with Gasteiger partial charge in [0.1, 0.15) is 11.6 Å². The van der Waals surface area contributed by atoms with Gasteiger partial charge in [-0.25, -0.2) is 9.97 Å². The Morgan fingerprint density at radius 3 is 2.05 bits per heavy atom. The summed E-state index contributed by atoms with van der Waals surface area (Å²) in [5, 5.41) is 0.689. The molecule has 1 aromatic carbocycles. The molecule has 5 nitrogen and oxygen atoms in total. The summed E-state index contributed by atoms with van der Waals surface area (Å²) in [6, 6.07) is 11.1. The molecule has 0 spiro atoms. The predicted octanol–water partition coefficient (Wildman–Crippen LogP) is 2.95. The van der Waals surface area contributed by atoms with Crippen LogP contribution in [0.1, 0.15) is 11.1 Å². The number of anilines is 2. The first-order chi connectivity index (χ1) is 10.6. The number of hydrogen-bond donors (Lipinski definition) is 2. The monoisotopic (exact) mass is 311 g/mol. The van der Waals surface area contributed by atoms with E-state index in [1.54, 1.807) is 12.4 Å². The SMILES string of the molecule is Nc1nc(-c2ccncc2)nc(N)c1Cc1ccc(Cl)cc1. The van der Waals surface area contributed by atoms with Crippen LogP contribution in [0.4, 0.5) is 11.6 Å². The van der Waals surface area contributed by atoms with Crippen molar-refractivity contribution in [3.63, 3.8) is 0 Å². The smallest absolute Gasteiger partial charge is 0.163 e. The van der Waals surface area contributed by atoms with E-state index in [9.17, 15) is 0 Å². The van der Waals surface area contributed by atoms with Crippen molar-refractivity contribution in [3.05, 3.63) is 64.9 Å². The molecule has 0 radical (unpaired) electrons. The van der Waals surface area contributed by atoms with E-state index >= 15 is 0 Å². The molecule has 0 unspecified atom stereocenters. The Labute approximate surface area is 133 Å². The molecule has 0 fully saturated rings. The van der Waals surface area contributed by atoms with Crippen LogP contribution in [0.3, 0.4) is 0 Å². The molecule has 0 amide bonds. The second kappa shape index (κ2) is 5.99. The van der Waals surface area contributed by atoms with E-state index in [0.29, 0.717) is 28.9 Å². The molecular weight excluding hydrogens is 298 g/mol. The van der Waals surface area contributed by atoms with Crippen molar-refractivity contribution in [2.45, 2.75) is 6.42 Å². The fraction of sp³-hybridized carbons (Fsp3) is 0.0625. The van der Waals surface area contributed by atoms with Crippen LogP contribution < -0.4 is 11.5 Å². The van der Waals surface area contributed by atoms with E-state index in [0.717, 1.165) is 16.7 Å². The number of aromatic nitrogens is 3. The maximum absolute atomic E-state index is 6.06. The first-order valence-electron chi connectivity index (χ1n) is 6.70. The summed E-state index contributed by atoms with van der Waals surface area (Å²) in [7, 11) is 0. The van der Waals surface area contributed by atoms with Crippen molar-refractivity contribution in [1.29, 1.82) is 0 Å².